The number of aliphatic carboxylic acids is 1. The molecular formula is C11H15NO2S. The van der Waals surface area contributed by atoms with Crippen molar-refractivity contribution in [1.29, 1.82) is 0 Å². The first-order valence-electron chi connectivity index (χ1n) is 4.84. The minimum absolute atomic E-state index is 0.129. The van der Waals surface area contributed by atoms with Gasteiger partial charge in [-0.05, 0) is 19.1 Å². The molecule has 0 aliphatic carbocycles. The number of pyridine rings is 1. The molecule has 82 valence electrons. The fourth-order valence-electron chi connectivity index (χ4n) is 1.21. The number of carboxylic acid groups (broad SMARTS) is 1. The molecule has 1 rings (SSSR count). The fraction of sp³-hybridized carbons (Fsp3) is 0.455. The first-order valence-corrected chi connectivity index (χ1v) is 5.88. The molecule has 0 aromatic carbocycles. The number of thioether (sulfide) groups is 1. The van der Waals surface area contributed by atoms with E-state index in [1.807, 2.05) is 32.0 Å². The third kappa shape index (κ3) is 4.83. The second-order valence-corrected chi connectivity index (χ2v) is 4.92. The van der Waals surface area contributed by atoms with Crippen LogP contribution in [-0.2, 0) is 10.5 Å². The maximum absolute atomic E-state index is 10.4. The normalized spacial score (nSPS) is 12.4. The molecular weight excluding hydrogens is 210 g/mol. The SMILES string of the molecule is Cc1cccc(CSC(C)CC(=O)O)n1. The van der Waals surface area contributed by atoms with E-state index in [9.17, 15) is 4.79 Å². The molecule has 0 amide bonds. The summed E-state index contributed by atoms with van der Waals surface area (Å²) in [5.74, 6) is 0.0306. The zero-order chi connectivity index (χ0) is 11.3. The molecule has 1 heterocycles. The molecule has 0 spiro atoms. The summed E-state index contributed by atoms with van der Waals surface area (Å²) in [6.45, 7) is 3.88. The lowest BCUT2D eigenvalue weighted by atomic mass is 10.3. The van der Waals surface area contributed by atoms with Crippen molar-refractivity contribution < 1.29 is 9.90 Å². The first-order chi connectivity index (χ1) is 7.08. The lowest BCUT2D eigenvalue weighted by Crippen LogP contribution is -2.06. The van der Waals surface area contributed by atoms with Crippen molar-refractivity contribution in [2.75, 3.05) is 0 Å². The van der Waals surface area contributed by atoms with Gasteiger partial charge in [-0.15, -0.1) is 0 Å². The van der Waals surface area contributed by atoms with Crippen LogP contribution in [-0.4, -0.2) is 21.3 Å². The van der Waals surface area contributed by atoms with E-state index >= 15 is 0 Å². The number of aryl methyl sites for hydroxylation is 1. The van der Waals surface area contributed by atoms with E-state index < -0.39 is 5.97 Å². The summed E-state index contributed by atoms with van der Waals surface area (Å²) in [6, 6.07) is 5.89. The minimum Gasteiger partial charge on any atom is -0.481 e. The van der Waals surface area contributed by atoms with Gasteiger partial charge in [0.15, 0.2) is 0 Å². The molecule has 1 aromatic heterocycles. The summed E-state index contributed by atoms with van der Waals surface area (Å²) < 4.78 is 0. The van der Waals surface area contributed by atoms with Crippen LogP contribution in [0.15, 0.2) is 18.2 Å². The van der Waals surface area contributed by atoms with Crippen molar-refractivity contribution in [3.8, 4) is 0 Å². The quantitative estimate of drug-likeness (QED) is 0.836. The molecule has 0 saturated heterocycles. The number of hydrogen-bond acceptors (Lipinski definition) is 3. The van der Waals surface area contributed by atoms with Gasteiger partial charge >= 0.3 is 5.97 Å². The maximum atomic E-state index is 10.4. The highest BCUT2D eigenvalue weighted by Crippen LogP contribution is 2.18. The molecule has 0 fully saturated rings. The van der Waals surface area contributed by atoms with Crippen LogP contribution in [0.3, 0.4) is 0 Å². The predicted octanol–water partition coefficient (Wildman–Crippen LogP) is 2.49. The van der Waals surface area contributed by atoms with E-state index in [2.05, 4.69) is 4.98 Å². The minimum atomic E-state index is -0.743. The van der Waals surface area contributed by atoms with Crippen LogP contribution in [0.2, 0.25) is 0 Å². The Bertz CT molecular complexity index is 341. The molecule has 0 aliphatic rings. The molecule has 3 nitrogen and oxygen atoms in total. The van der Waals surface area contributed by atoms with Crippen LogP contribution in [0, 0.1) is 6.92 Å². The molecule has 1 aromatic rings. The Kier molecular flexibility index (Phi) is 4.62. The maximum Gasteiger partial charge on any atom is 0.304 e. The number of carbonyl (C=O) groups is 1. The van der Waals surface area contributed by atoms with E-state index in [1.165, 1.54) is 0 Å². The molecule has 1 atom stereocenters. The van der Waals surface area contributed by atoms with Gasteiger partial charge in [-0.2, -0.15) is 11.8 Å². The third-order valence-corrected chi connectivity index (χ3v) is 3.12. The Morgan fingerprint density at radius 1 is 1.60 bits per heavy atom. The Balaban J connectivity index is 2.40. The largest absolute Gasteiger partial charge is 0.481 e. The van der Waals surface area contributed by atoms with Crippen LogP contribution in [0.25, 0.3) is 0 Å². The van der Waals surface area contributed by atoms with Crippen molar-refractivity contribution in [3.63, 3.8) is 0 Å². The zero-order valence-electron chi connectivity index (χ0n) is 8.93. The van der Waals surface area contributed by atoms with Gasteiger partial charge in [0.1, 0.15) is 0 Å². The van der Waals surface area contributed by atoms with Crippen molar-refractivity contribution in [2.24, 2.45) is 0 Å². The second kappa shape index (κ2) is 5.75. The Morgan fingerprint density at radius 3 is 2.93 bits per heavy atom. The highest BCUT2D eigenvalue weighted by atomic mass is 32.2. The van der Waals surface area contributed by atoms with Gasteiger partial charge in [-0.25, -0.2) is 0 Å². The number of rotatable bonds is 5. The Labute approximate surface area is 93.9 Å². The first kappa shape index (κ1) is 12.0. The van der Waals surface area contributed by atoms with Crippen molar-refractivity contribution in [1.82, 2.24) is 4.98 Å². The fourth-order valence-corrected chi connectivity index (χ4v) is 2.09. The van der Waals surface area contributed by atoms with Crippen LogP contribution in [0.5, 0.6) is 0 Å². The van der Waals surface area contributed by atoms with Gasteiger partial charge in [-0.1, -0.05) is 13.0 Å². The average Bonchev–Trinajstić information content (AvgIpc) is 2.14. The smallest absolute Gasteiger partial charge is 0.304 e. The van der Waals surface area contributed by atoms with E-state index in [0.29, 0.717) is 0 Å². The molecule has 0 saturated carbocycles. The number of hydrogen-bond donors (Lipinski definition) is 1. The Hall–Kier alpha value is -1.03. The highest BCUT2D eigenvalue weighted by molar-refractivity contribution is 7.99. The summed E-state index contributed by atoms with van der Waals surface area (Å²) in [4.78, 5) is 14.8. The summed E-state index contributed by atoms with van der Waals surface area (Å²) >= 11 is 1.62. The molecule has 1 unspecified atom stereocenters. The van der Waals surface area contributed by atoms with Crippen molar-refractivity contribution in [2.45, 2.75) is 31.3 Å². The molecule has 0 bridgehead atoms. The van der Waals surface area contributed by atoms with Gasteiger partial charge < -0.3 is 5.11 Å². The van der Waals surface area contributed by atoms with E-state index in [0.717, 1.165) is 17.1 Å². The zero-order valence-corrected chi connectivity index (χ0v) is 9.75. The molecule has 15 heavy (non-hydrogen) atoms. The summed E-state index contributed by atoms with van der Waals surface area (Å²) in [5.41, 5.74) is 2.01. The second-order valence-electron chi connectivity index (χ2n) is 3.49. The summed E-state index contributed by atoms with van der Waals surface area (Å²) in [5, 5.41) is 8.73. The Morgan fingerprint density at radius 2 is 2.33 bits per heavy atom. The number of carboxylic acids is 1. The van der Waals surface area contributed by atoms with Crippen molar-refractivity contribution in [3.05, 3.63) is 29.6 Å². The number of aromatic nitrogens is 1. The van der Waals surface area contributed by atoms with E-state index in [1.54, 1.807) is 11.8 Å². The van der Waals surface area contributed by atoms with Crippen molar-refractivity contribution >= 4 is 17.7 Å². The molecule has 0 radical (unpaired) electrons. The standard InChI is InChI=1S/C11H15NO2S/c1-8-4-3-5-10(12-8)7-15-9(2)6-11(13)14/h3-5,9H,6-7H2,1-2H3,(H,13,14). The third-order valence-electron chi connectivity index (χ3n) is 1.92. The van der Waals surface area contributed by atoms with Crippen LogP contribution in [0.4, 0.5) is 0 Å². The topological polar surface area (TPSA) is 50.2 Å². The molecule has 1 N–H and O–H groups in total. The van der Waals surface area contributed by atoms with Gasteiger partial charge in [-0.3, -0.25) is 9.78 Å². The van der Waals surface area contributed by atoms with E-state index in [4.69, 9.17) is 5.11 Å². The van der Waals surface area contributed by atoms with Crippen LogP contribution in [0.1, 0.15) is 24.7 Å². The van der Waals surface area contributed by atoms with Gasteiger partial charge in [0.2, 0.25) is 0 Å². The summed E-state index contributed by atoms with van der Waals surface area (Å²) in [6.07, 6.45) is 0.205. The monoisotopic (exact) mass is 225 g/mol. The number of nitrogens with zero attached hydrogens (tertiary/aromatic N) is 1. The van der Waals surface area contributed by atoms with Crippen LogP contribution < -0.4 is 0 Å². The van der Waals surface area contributed by atoms with Gasteiger partial charge in [0.05, 0.1) is 12.1 Å². The van der Waals surface area contributed by atoms with E-state index in [-0.39, 0.29) is 11.7 Å². The predicted molar refractivity (Wildman–Crippen MR) is 62.0 cm³/mol. The lowest BCUT2D eigenvalue weighted by molar-refractivity contribution is -0.136. The highest BCUT2D eigenvalue weighted by Gasteiger charge is 2.08. The van der Waals surface area contributed by atoms with Gasteiger partial charge in [0, 0.05) is 16.7 Å². The summed E-state index contributed by atoms with van der Waals surface area (Å²) in [7, 11) is 0. The molecule has 4 heteroatoms. The van der Waals surface area contributed by atoms with Gasteiger partial charge in [0.25, 0.3) is 0 Å². The molecule has 0 aliphatic heterocycles. The lowest BCUT2D eigenvalue weighted by Gasteiger charge is -2.07. The van der Waals surface area contributed by atoms with Crippen LogP contribution >= 0.6 is 11.8 Å². The average molecular weight is 225 g/mol.